The van der Waals surface area contributed by atoms with Crippen molar-refractivity contribution in [2.75, 3.05) is 11.1 Å². The summed E-state index contributed by atoms with van der Waals surface area (Å²) in [5, 5.41) is 12.7. The van der Waals surface area contributed by atoms with E-state index < -0.39 is 0 Å². The minimum Gasteiger partial charge on any atom is -0.325 e. The minimum absolute atomic E-state index is 0.0304. The molecule has 0 unspecified atom stereocenters. The lowest BCUT2D eigenvalue weighted by Gasteiger charge is -2.22. The number of carbonyl (C=O) groups is 1. The van der Waals surface area contributed by atoms with E-state index in [1.165, 1.54) is 31.0 Å². The van der Waals surface area contributed by atoms with Crippen molar-refractivity contribution in [2.24, 2.45) is 0 Å². The highest BCUT2D eigenvalue weighted by Crippen LogP contribution is 2.33. The van der Waals surface area contributed by atoms with Crippen LogP contribution in [-0.2, 0) is 11.2 Å². The van der Waals surface area contributed by atoms with E-state index in [0.29, 0.717) is 11.7 Å². The zero-order valence-electron chi connectivity index (χ0n) is 16.8. The molecule has 0 saturated heterocycles. The van der Waals surface area contributed by atoms with Gasteiger partial charge in [0.1, 0.15) is 0 Å². The number of rotatable bonds is 7. The Hall–Kier alpha value is -2.54. The first-order valence-corrected chi connectivity index (χ1v) is 11.3. The van der Waals surface area contributed by atoms with E-state index in [2.05, 4.69) is 27.1 Å². The Morgan fingerprint density at radius 1 is 1.10 bits per heavy atom. The number of nitrogens with zero attached hydrogens (tertiary/aromatic N) is 4. The first kappa shape index (κ1) is 19.8. The minimum atomic E-state index is -0.0304. The summed E-state index contributed by atoms with van der Waals surface area (Å²) in [7, 11) is 0. The first-order valence-electron chi connectivity index (χ1n) is 10.4. The van der Waals surface area contributed by atoms with Crippen molar-refractivity contribution < 1.29 is 4.79 Å². The van der Waals surface area contributed by atoms with Crippen molar-refractivity contribution in [2.45, 2.75) is 56.5 Å². The van der Waals surface area contributed by atoms with Crippen LogP contribution in [0.25, 0.3) is 0 Å². The molecule has 1 amide bonds. The smallest absolute Gasteiger partial charge is 0.234 e. The maximum atomic E-state index is 12.6. The van der Waals surface area contributed by atoms with E-state index in [-0.39, 0.29) is 5.91 Å². The van der Waals surface area contributed by atoms with Gasteiger partial charge in [-0.15, -0.1) is 10.2 Å². The van der Waals surface area contributed by atoms with E-state index in [0.717, 1.165) is 41.5 Å². The molecule has 6 nitrogen and oxygen atoms in total. The van der Waals surface area contributed by atoms with Gasteiger partial charge in [-0.3, -0.25) is 9.47 Å². The van der Waals surface area contributed by atoms with Crippen LogP contribution in [0.15, 0.2) is 53.9 Å². The highest BCUT2D eigenvalue weighted by Gasteiger charge is 2.24. The van der Waals surface area contributed by atoms with E-state index in [4.69, 9.17) is 0 Å². The predicted octanol–water partition coefficient (Wildman–Crippen LogP) is 4.73. The molecule has 0 spiro atoms. The number of hydrogen-bond acceptors (Lipinski definition) is 4. The van der Waals surface area contributed by atoms with Crippen LogP contribution in [0.2, 0.25) is 0 Å². The Bertz CT molecular complexity index is 944. The number of nitrogens with one attached hydrogen (secondary N) is 1. The summed E-state index contributed by atoms with van der Waals surface area (Å²) in [6.07, 6.45) is 11.0. The van der Waals surface area contributed by atoms with Gasteiger partial charge in [-0.25, -0.2) is 4.68 Å². The highest BCUT2D eigenvalue weighted by atomic mass is 32.2. The van der Waals surface area contributed by atoms with Crippen molar-refractivity contribution in [3.8, 4) is 0 Å². The molecular weight excluding hydrogens is 382 g/mol. The molecule has 0 bridgehead atoms. The molecule has 1 fully saturated rings. The van der Waals surface area contributed by atoms with Crippen LogP contribution in [0.1, 0.15) is 56.3 Å². The summed E-state index contributed by atoms with van der Waals surface area (Å²) >= 11 is 1.43. The van der Waals surface area contributed by atoms with Gasteiger partial charge >= 0.3 is 0 Å². The Kier molecular flexibility index (Phi) is 6.34. The average Bonchev–Trinajstić information content (AvgIpc) is 3.43. The van der Waals surface area contributed by atoms with Gasteiger partial charge in [-0.2, -0.15) is 0 Å². The summed E-state index contributed by atoms with van der Waals surface area (Å²) in [4.78, 5) is 12.6. The lowest BCUT2D eigenvalue weighted by Crippen LogP contribution is -2.19. The van der Waals surface area contributed by atoms with E-state index in [1.807, 2.05) is 53.5 Å². The molecule has 152 valence electrons. The van der Waals surface area contributed by atoms with Crippen molar-refractivity contribution in [1.29, 1.82) is 0 Å². The topological polar surface area (TPSA) is 64.7 Å². The lowest BCUT2D eigenvalue weighted by molar-refractivity contribution is -0.113. The maximum Gasteiger partial charge on any atom is 0.234 e. The van der Waals surface area contributed by atoms with Gasteiger partial charge in [0.05, 0.1) is 5.75 Å². The number of carbonyl (C=O) groups excluding carboxylic acids is 1. The number of aromatic nitrogens is 4. The molecule has 0 radical (unpaired) electrons. The van der Waals surface area contributed by atoms with Gasteiger partial charge in [0, 0.05) is 24.0 Å². The zero-order valence-corrected chi connectivity index (χ0v) is 17.6. The number of para-hydroxylation sites is 1. The summed E-state index contributed by atoms with van der Waals surface area (Å²) in [6.45, 7) is 2.09. The number of hydrogen-bond donors (Lipinski definition) is 1. The molecule has 1 aliphatic carbocycles. The Balaban J connectivity index is 1.50. The fraction of sp³-hybridized carbons (Fsp3) is 0.409. The molecule has 0 aliphatic heterocycles. The number of benzene rings is 1. The zero-order chi connectivity index (χ0) is 20.1. The van der Waals surface area contributed by atoms with Crippen molar-refractivity contribution in [1.82, 2.24) is 19.5 Å². The largest absolute Gasteiger partial charge is 0.325 e. The SMILES string of the molecule is CCc1ccccc1NC(=O)CSc1nnc(C2CCCCC2)n1-n1cccc1. The fourth-order valence-corrected chi connectivity index (χ4v) is 4.67. The first-order chi connectivity index (χ1) is 14.3. The summed E-state index contributed by atoms with van der Waals surface area (Å²) in [5.74, 6) is 1.69. The number of aryl methyl sites for hydroxylation is 1. The molecule has 1 N–H and O–H groups in total. The number of anilines is 1. The Morgan fingerprint density at radius 3 is 2.62 bits per heavy atom. The third kappa shape index (κ3) is 4.56. The molecule has 2 aromatic heterocycles. The van der Waals surface area contributed by atoms with E-state index >= 15 is 0 Å². The van der Waals surface area contributed by atoms with Gasteiger partial charge in [0.2, 0.25) is 11.1 Å². The van der Waals surface area contributed by atoms with E-state index in [9.17, 15) is 4.79 Å². The third-order valence-electron chi connectivity index (χ3n) is 5.43. The van der Waals surface area contributed by atoms with Gasteiger partial charge in [-0.05, 0) is 43.0 Å². The van der Waals surface area contributed by atoms with Crippen molar-refractivity contribution in [3.05, 3.63) is 60.2 Å². The third-order valence-corrected chi connectivity index (χ3v) is 6.35. The van der Waals surface area contributed by atoms with Gasteiger partial charge in [-0.1, -0.05) is 56.1 Å². The molecule has 1 aromatic carbocycles. The molecule has 1 aliphatic rings. The van der Waals surface area contributed by atoms with Crippen molar-refractivity contribution in [3.63, 3.8) is 0 Å². The van der Waals surface area contributed by atoms with Crippen LogP contribution in [0.5, 0.6) is 0 Å². The highest BCUT2D eigenvalue weighted by molar-refractivity contribution is 7.99. The quantitative estimate of drug-likeness (QED) is 0.573. The number of thioether (sulfide) groups is 1. The molecule has 7 heteroatoms. The molecular formula is C22H27N5OS. The van der Waals surface area contributed by atoms with Gasteiger partial charge < -0.3 is 5.32 Å². The van der Waals surface area contributed by atoms with Crippen molar-refractivity contribution >= 4 is 23.4 Å². The lowest BCUT2D eigenvalue weighted by atomic mass is 9.89. The summed E-state index contributed by atoms with van der Waals surface area (Å²) < 4.78 is 4.07. The summed E-state index contributed by atoms with van der Waals surface area (Å²) in [5.41, 5.74) is 2.02. The van der Waals surface area contributed by atoms with Crippen LogP contribution in [0.3, 0.4) is 0 Å². The van der Waals surface area contributed by atoms with E-state index in [1.54, 1.807) is 0 Å². The second kappa shape index (κ2) is 9.31. The number of amides is 1. The molecule has 2 heterocycles. The monoisotopic (exact) mass is 409 g/mol. The molecule has 29 heavy (non-hydrogen) atoms. The standard InChI is InChI=1S/C22H27N5OS/c1-2-17-10-6-7-13-19(17)23-20(28)16-29-22-25-24-21(18-11-4-3-5-12-18)27(22)26-14-8-9-15-26/h6-10,13-15,18H,2-5,11-12,16H2,1H3,(H,23,28). The van der Waals surface area contributed by atoms with Crippen LogP contribution < -0.4 is 5.32 Å². The van der Waals surface area contributed by atoms with Gasteiger partial charge in [0.15, 0.2) is 5.82 Å². The van der Waals surface area contributed by atoms with Gasteiger partial charge in [0.25, 0.3) is 0 Å². The van der Waals surface area contributed by atoms with Crippen LogP contribution in [0.4, 0.5) is 5.69 Å². The van der Waals surface area contributed by atoms with Crippen LogP contribution >= 0.6 is 11.8 Å². The maximum absolute atomic E-state index is 12.6. The second-order valence-corrected chi connectivity index (χ2v) is 8.34. The average molecular weight is 410 g/mol. The second-order valence-electron chi connectivity index (χ2n) is 7.40. The molecule has 1 saturated carbocycles. The normalized spacial score (nSPS) is 14.8. The van der Waals surface area contributed by atoms with Crippen LogP contribution in [0, 0.1) is 0 Å². The fourth-order valence-electron chi connectivity index (χ4n) is 3.92. The Labute approximate surface area is 175 Å². The predicted molar refractivity (Wildman–Crippen MR) is 116 cm³/mol. The molecule has 3 aromatic rings. The molecule has 4 rings (SSSR count). The molecule has 0 atom stereocenters. The Morgan fingerprint density at radius 2 is 1.86 bits per heavy atom. The van der Waals surface area contributed by atoms with Crippen LogP contribution in [-0.4, -0.2) is 31.2 Å². The summed E-state index contributed by atoms with van der Waals surface area (Å²) in [6, 6.07) is 11.9.